The summed E-state index contributed by atoms with van der Waals surface area (Å²) in [4.78, 5) is 26.5. The van der Waals surface area contributed by atoms with Crippen molar-refractivity contribution in [3.8, 4) is 0 Å². The maximum Gasteiger partial charge on any atom is 0.407 e. The highest BCUT2D eigenvalue weighted by molar-refractivity contribution is 7.90. The molecule has 1 N–H and O–H groups in total. The van der Waals surface area contributed by atoms with Gasteiger partial charge in [-0.2, -0.15) is 0 Å². The van der Waals surface area contributed by atoms with Crippen LogP contribution in [0.25, 0.3) is 0 Å². The molecule has 1 atom stereocenters. The van der Waals surface area contributed by atoms with Crippen molar-refractivity contribution < 1.29 is 22.7 Å². The van der Waals surface area contributed by atoms with Crippen molar-refractivity contribution in [3.63, 3.8) is 0 Å². The molecule has 1 aromatic rings. The maximum atomic E-state index is 12.6. The van der Waals surface area contributed by atoms with Gasteiger partial charge in [-0.3, -0.25) is 4.79 Å². The third kappa shape index (κ3) is 5.08. The fourth-order valence-corrected chi connectivity index (χ4v) is 5.32. The van der Waals surface area contributed by atoms with Crippen LogP contribution in [0.15, 0.2) is 29.2 Å². The van der Waals surface area contributed by atoms with Crippen LogP contribution in [0.1, 0.15) is 44.0 Å². The fourth-order valence-electron chi connectivity index (χ4n) is 3.71. The lowest BCUT2D eigenvalue weighted by molar-refractivity contribution is 0.0519. The molecule has 29 heavy (non-hydrogen) atoms. The van der Waals surface area contributed by atoms with Crippen LogP contribution in [0.3, 0.4) is 0 Å². The third-order valence-electron chi connectivity index (χ3n) is 5.05. The van der Waals surface area contributed by atoms with Crippen LogP contribution in [0, 0.1) is 5.92 Å². The molecule has 8 nitrogen and oxygen atoms in total. The molecule has 0 saturated carbocycles. The Labute approximate surface area is 172 Å². The van der Waals surface area contributed by atoms with Crippen LogP contribution >= 0.6 is 0 Å². The topological polar surface area (TPSA) is 96.0 Å². The van der Waals surface area contributed by atoms with Gasteiger partial charge in [0.1, 0.15) is 10.5 Å². The molecule has 2 heterocycles. The van der Waals surface area contributed by atoms with Gasteiger partial charge in [-0.25, -0.2) is 17.5 Å². The molecule has 0 radical (unpaired) electrons. The summed E-state index contributed by atoms with van der Waals surface area (Å²) in [6.07, 6.45) is 1.13. The van der Waals surface area contributed by atoms with Crippen LogP contribution in [0.5, 0.6) is 0 Å². The summed E-state index contributed by atoms with van der Waals surface area (Å²) in [5, 5.41) is 2.81. The van der Waals surface area contributed by atoms with Gasteiger partial charge in [-0.1, -0.05) is 12.1 Å². The summed E-state index contributed by atoms with van der Waals surface area (Å²) in [7, 11) is -3.73. The summed E-state index contributed by atoms with van der Waals surface area (Å²) >= 11 is 0. The summed E-state index contributed by atoms with van der Waals surface area (Å²) in [6.45, 7) is 8.64. The van der Waals surface area contributed by atoms with Crippen LogP contribution in [-0.2, 0) is 14.8 Å². The molecule has 1 fully saturated rings. The number of fused-ring (bicyclic) bond motifs is 1. The molecule has 1 unspecified atom stereocenters. The number of rotatable bonds is 6. The first kappa shape index (κ1) is 21.6. The minimum Gasteiger partial charge on any atom is -0.444 e. The molecular formula is C20H29N3O5S. The van der Waals surface area contributed by atoms with Crippen molar-refractivity contribution in [3.05, 3.63) is 29.8 Å². The monoisotopic (exact) mass is 423 g/mol. The summed E-state index contributed by atoms with van der Waals surface area (Å²) in [5.74, 6) is -0.106. The van der Waals surface area contributed by atoms with Crippen molar-refractivity contribution in [2.24, 2.45) is 5.92 Å². The number of amides is 2. The van der Waals surface area contributed by atoms with E-state index >= 15 is 0 Å². The first-order valence-corrected chi connectivity index (χ1v) is 11.4. The van der Waals surface area contributed by atoms with Gasteiger partial charge in [0.15, 0.2) is 0 Å². The van der Waals surface area contributed by atoms with Gasteiger partial charge in [-0.15, -0.1) is 0 Å². The molecule has 0 bridgehead atoms. The molecule has 160 valence electrons. The second-order valence-electron chi connectivity index (χ2n) is 8.57. The first-order valence-electron chi connectivity index (χ1n) is 9.93. The maximum absolute atomic E-state index is 12.6. The largest absolute Gasteiger partial charge is 0.444 e. The Hall–Kier alpha value is -2.13. The van der Waals surface area contributed by atoms with Gasteiger partial charge in [0.2, 0.25) is 0 Å². The van der Waals surface area contributed by atoms with Crippen molar-refractivity contribution in [1.82, 2.24) is 14.5 Å². The van der Waals surface area contributed by atoms with Crippen molar-refractivity contribution >= 4 is 22.0 Å². The molecule has 1 aromatic carbocycles. The molecular weight excluding hydrogens is 394 g/mol. The summed E-state index contributed by atoms with van der Waals surface area (Å²) in [5.41, 5.74) is -0.263. The highest BCUT2D eigenvalue weighted by Gasteiger charge is 2.40. The number of hydrogen-bond donors (Lipinski definition) is 1. The molecule has 9 heteroatoms. The van der Waals surface area contributed by atoms with Crippen molar-refractivity contribution in [1.29, 1.82) is 0 Å². The lowest BCUT2D eigenvalue weighted by Crippen LogP contribution is -2.36. The number of carbonyl (C=O) groups is 2. The van der Waals surface area contributed by atoms with Gasteiger partial charge in [-0.05, 0) is 64.8 Å². The number of ether oxygens (including phenoxy) is 1. The Kier molecular flexibility index (Phi) is 6.19. The van der Waals surface area contributed by atoms with E-state index in [1.165, 1.54) is 6.07 Å². The Bertz CT molecular complexity index is 878. The van der Waals surface area contributed by atoms with Gasteiger partial charge < -0.3 is 15.0 Å². The normalized spacial score (nSPS) is 21.3. The van der Waals surface area contributed by atoms with E-state index in [4.69, 9.17) is 4.74 Å². The number of hydrogen-bond acceptors (Lipinski definition) is 6. The molecule has 0 spiro atoms. The molecule has 0 aliphatic carbocycles. The van der Waals surface area contributed by atoms with Crippen molar-refractivity contribution in [2.45, 2.75) is 44.1 Å². The molecule has 1 saturated heterocycles. The zero-order valence-corrected chi connectivity index (χ0v) is 18.0. The number of nitrogens with one attached hydrogen (secondary N) is 1. The fraction of sp³-hybridized carbons (Fsp3) is 0.600. The second kappa shape index (κ2) is 8.31. The Morgan fingerprint density at radius 2 is 1.97 bits per heavy atom. The Balaban J connectivity index is 1.42. The van der Waals surface area contributed by atoms with Crippen LogP contribution in [0.4, 0.5) is 4.79 Å². The SMILES string of the molecule is CC(C)(C)OC(=O)NCC1CCN(CCCN2C(=O)c3ccccc3S2(=O)=O)C1. The number of benzene rings is 1. The van der Waals surface area contributed by atoms with Crippen molar-refractivity contribution in [2.75, 3.05) is 32.7 Å². The zero-order chi connectivity index (χ0) is 21.2. The van der Waals surface area contributed by atoms with E-state index in [2.05, 4.69) is 10.2 Å². The molecule has 0 aromatic heterocycles. The summed E-state index contributed by atoms with van der Waals surface area (Å²) in [6, 6.07) is 6.33. The van der Waals surface area contributed by atoms with E-state index in [-0.39, 0.29) is 17.0 Å². The lowest BCUT2D eigenvalue weighted by atomic mass is 10.1. The highest BCUT2D eigenvalue weighted by atomic mass is 32.2. The quantitative estimate of drug-likeness (QED) is 0.753. The van der Waals surface area contributed by atoms with Gasteiger partial charge in [0.05, 0.1) is 5.56 Å². The third-order valence-corrected chi connectivity index (χ3v) is 6.89. The number of sulfonamides is 1. The van der Waals surface area contributed by atoms with E-state index in [1.807, 2.05) is 20.8 Å². The van der Waals surface area contributed by atoms with E-state index < -0.39 is 27.6 Å². The first-order chi connectivity index (χ1) is 13.6. The van der Waals surface area contributed by atoms with E-state index in [0.717, 1.165) is 23.8 Å². The van der Waals surface area contributed by atoms with Gasteiger partial charge >= 0.3 is 6.09 Å². The molecule has 2 aliphatic rings. The average Bonchev–Trinajstić information content (AvgIpc) is 3.16. The molecule has 3 rings (SSSR count). The predicted octanol–water partition coefficient (Wildman–Crippen LogP) is 2.07. The van der Waals surface area contributed by atoms with E-state index in [0.29, 0.717) is 25.4 Å². The Morgan fingerprint density at radius 3 is 2.66 bits per heavy atom. The molecule has 2 aliphatic heterocycles. The predicted molar refractivity (Wildman–Crippen MR) is 108 cm³/mol. The van der Waals surface area contributed by atoms with Gasteiger partial charge in [0.25, 0.3) is 15.9 Å². The van der Waals surface area contributed by atoms with Gasteiger partial charge in [0, 0.05) is 19.6 Å². The minimum absolute atomic E-state index is 0.0967. The smallest absolute Gasteiger partial charge is 0.407 e. The average molecular weight is 424 g/mol. The van der Waals surface area contributed by atoms with E-state index in [9.17, 15) is 18.0 Å². The highest BCUT2D eigenvalue weighted by Crippen LogP contribution is 2.30. The van der Waals surface area contributed by atoms with Crippen LogP contribution < -0.4 is 5.32 Å². The Morgan fingerprint density at radius 1 is 1.24 bits per heavy atom. The minimum atomic E-state index is -3.73. The summed E-state index contributed by atoms with van der Waals surface area (Å²) < 4.78 is 31.3. The number of alkyl carbamates (subject to hydrolysis) is 1. The number of carbonyl (C=O) groups excluding carboxylic acids is 2. The standard InChI is InChI=1S/C20H29N3O5S/c1-20(2,3)28-19(25)21-13-15-9-12-22(14-15)10-6-11-23-18(24)16-7-4-5-8-17(16)29(23,26)27/h4-5,7-8,15H,6,9-14H2,1-3H3,(H,21,25). The number of likely N-dealkylation sites (tertiary alicyclic amines) is 1. The van der Waals surface area contributed by atoms with Crippen LogP contribution in [-0.4, -0.2) is 67.9 Å². The van der Waals surface area contributed by atoms with E-state index in [1.54, 1.807) is 18.2 Å². The zero-order valence-electron chi connectivity index (χ0n) is 17.2. The lowest BCUT2D eigenvalue weighted by Gasteiger charge is -2.21. The van der Waals surface area contributed by atoms with Crippen LogP contribution in [0.2, 0.25) is 0 Å². The number of nitrogens with zero attached hydrogens (tertiary/aromatic N) is 2. The molecule has 2 amide bonds. The second-order valence-corrected chi connectivity index (χ2v) is 10.4.